The van der Waals surface area contributed by atoms with E-state index in [0.29, 0.717) is 6.54 Å². The molecule has 7 nitrogen and oxygen atoms in total. The molecular formula is C17H34IN7. The van der Waals surface area contributed by atoms with E-state index < -0.39 is 0 Å². The zero-order chi connectivity index (χ0) is 17.6. The van der Waals surface area contributed by atoms with Gasteiger partial charge in [0.25, 0.3) is 0 Å². The fourth-order valence-electron chi connectivity index (χ4n) is 3.11. The van der Waals surface area contributed by atoms with Crippen LogP contribution >= 0.6 is 24.0 Å². The molecule has 0 bridgehead atoms. The lowest BCUT2D eigenvalue weighted by Gasteiger charge is -2.43. The molecule has 0 aliphatic carbocycles. The number of hydrogen-bond donors (Lipinski definition) is 2. The van der Waals surface area contributed by atoms with Gasteiger partial charge in [-0.25, -0.2) is 9.98 Å². The van der Waals surface area contributed by atoms with Gasteiger partial charge in [-0.1, -0.05) is 6.92 Å². The van der Waals surface area contributed by atoms with Crippen molar-refractivity contribution in [1.82, 2.24) is 30.3 Å². The Hall–Kier alpha value is -0.900. The number of aryl methyl sites for hydroxylation is 1. The molecule has 0 spiro atoms. The van der Waals surface area contributed by atoms with Crippen LogP contribution in [0.5, 0.6) is 0 Å². The highest BCUT2D eigenvalue weighted by atomic mass is 127. The molecule has 1 unspecified atom stereocenters. The van der Waals surface area contributed by atoms with Gasteiger partial charge < -0.3 is 10.6 Å². The van der Waals surface area contributed by atoms with Crippen molar-refractivity contribution in [2.45, 2.75) is 52.6 Å². The highest BCUT2D eigenvalue weighted by Crippen LogP contribution is 2.23. The summed E-state index contributed by atoms with van der Waals surface area (Å²) in [7, 11) is 1.89. The van der Waals surface area contributed by atoms with Gasteiger partial charge in [0.1, 0.15) is 18.7 Å². The van der Waals surface area contributed by atoms with Crippen molar-refractivity contribution < 1.29 is 0 Å². The summed E-state index contributed by atoms with van der Waals surface area (Å²) in [6.45, 7) is 13.6. The van der Waals surface area contributed by atoms with E-state index >= 15 is 0 Å². The van der Waals surface area contributed by atoms with Gasteiger partial charge in [0.2, 0.25) is 0 Å². The summed E-state index contributed by atoms with van der Waals surface area (Å²) in [6, 6.07) is 0. The number of likely N-dealkylation sites (tertiary alicyclic amines) is 1. The van der Waals surface area contributed by atoms with E-state index in [-0.39, 0.29) is 29.5 Å². The zero-order valence-corrected chi connectivity index (χ0v) is 18.6. The van der Waals surface area contributed by atoms with Gasteiger partial charge in [-0.15, -0.1) is 24.0 Å². The molecular weight excluding hydrogens is 429 g/mol. The third-order valence-electron chi connectivity index (χ3n) is 4.73. The molecule has 1 aliphatic heterocycles. The maximum absolute atomic E-state index is 4.63. The molecule has 1 saturated heterocycles. The fourth-order valence-corrected chi connectivity index (χ4v) is 3.11. The second-order valence-corrected chi connectivity index (χ2v) is 7.35. The molecule has 2 N–H and O–H groups in total. The number of piperidine rings is 1. The van der Waals surface area contributed by atoms with Crippen LogP contribution in [0.3, 0.4) is 0 Å². The van der Waals surface area contributed by atoms with Crippen LogP contribution < -0.4 is 10.6 Å². The Bertz CT molecular complexity index is 541. The lowest BCUT2D eigenvalue weighted by Crippen LogP contribution is -2.56. The number of halogens is 1. The van der Waals surface area contributed by atoms with Crippen LogP contribution in [0.2, 0.25) is 0 Å². The van der Waals surface area contributed by atoms with Crippen LogP contribution in [0.4, 0.5) is 0 Å². The van der Waals surface area contributed by atoms with E-state index in [4.69, 9.17) is 0 Å². The van der Waals surface area contributed by atoms with Crippen molar-refractivity contribution in [1.29, 1.82) is 0 Å². The SMILES string of the molecule is CCNC(=NCc1ncnn1C)NCC(C)(C)N1CCCC(C)C1.I. The number of aliphatic imine (C=N–C) groups is 1. The summed E-state index contributed by atoms with van der Waals surface area (Å²) in [5, 5.41) is 10.9. The average Bonchev–Trinajstić information content (AvgIpc) is 2.95. The Labute approximate surface area is 169 Å². The van der Waals surface area contributed by atoms with Gasteiger partial charge in [-0.3, -0.25) is 9.58 Å². The van der Waals surface area contributed by atoms with Gasteiger partial charge in [-0.2, -0.15) is 5.10 Å². The summed E-state index contributed by atoms with van der Waals surface area (Å²) >= 11 is 0. The molecule has 0 radical (unpaired) electrons. The third-order valence-corrected chi connectivity index (χ3v) is 4.73. The number of guanidine groups is 1. The molecule has 144 valence electrons. The second-order valence-electron chi connectivity index (χ2n) is 7.35. The molecule has 25 heavy (non-hydrogen) atoms. The lowest BCUT2D eigenvalue weighted by molar-refractivity contribution is 0.0739. The minimum Gasteiger partial charge on any atom is -0.357 e. The third kappa shape index (κ3) is 6.73. The first-order valence-electron chi connectivity index (χ1n) is 9.02. The molecule has 1 aromatic rings. The van der Waals surface area contributed by atoms with Gasteiger partial charge >= 0.3 is 0 Å². The van der Waals surface area contributed by atoms with E-state index in [1.54, 1.807) is 11.0 Å². The minimum atomic E-state index is 0. The fraction of sp³-hybridized carbons (Fsp3) is 0.824. The first kappa shape index (κ1) is 22.1. The predicted molar refractivity (Wildman–Crippen MR) is 113 cm³/mol. The highest BCUT2D eigenvalue weighted by molar-refractivity contribution is 14.0. The molecule has 1 aliphatic rings. The zero-order valence-electron chi connectivity index (χ0n) is 16.2. The standard InChI is InChI=1S/C17H33N7.HI/c1-6-18-16(19-10-15-21-13-22-23(15)5)20-12-17(3,4)24-9-7-8-14(2)11-24;/h13-14H,6-12H2,1-5H3,(H2,18,19,20);1H. The Balaban J connectivity index is 0.00000312. The summed E-state index contributed by atoms with van der Waals surface area (Å²) in [5.41, 5.74) is 0.107. The van der Waals surface area contributed by atoms with Crippen LogP contribution in [0, 0.1) is 5.92 Å². The maximum Gasteiger partial charge on any atom is 0.191 e. The number of nitrogens with zero attached hydrogens (tertiary/aromatic N) is 5. The number of hydrogen-bond acceptors (Lipinski definition) is 4. The van der Waals surface area contributed by atoms with Gasteiger partial charge in [0.05, 0.1) is 0 Å². The van der Waals surface area contributed by atoms with Crippen molar-refractivity contribution in [2.75, 3.05) is 26.2 Å². The van der Waals surface area contributed by atoms with E-state index in [1.165, 1.54) is 25.9 Å². The topological polar surface area (TPSA) is 70.4 Å². The Morgan fingerprint density at radius 1 is 1.40 bits per heavy atom. The van der Waals surface area contributed by atoms with Crippen LogP contribution in [-0.2, 0) is 13.6 Å². The van der Waals surface area contributed by atoms with Gasteiger partial charge in [-0.05, 0) is 46.1 Å². The Morgan fingerprint density at radius 3 is 2.76 bits per heavy atom. The molecule has 0 saturated carbocycles. The van der Waals surface area contributed by atoms with Crippen LogP contribution in [-0.4, -0.2) is 57.3 Å². The predicted octanol–water partition coefficient (Wildman–Crippen LogP) is 2.00. The lowest BCUT2D eigenvalue weighted by atomic mass is 9.93. The van der Waals surface area contributed by atoms with Crippen molar-refractivity contribution in [2.24, 2.45) is 18.0 Å². The molecule has 1 fully saturated rings. The second kappa shape index (κ2) is 10.3. The van der Waals surface area contributed by atoms with E-state index in [2.05, 4.69) is 58.3 Å². The quantitative estimate of drug-likeness (QED) is 0.384. The van der Waals surface area contributed by atoms with Crippen molar-refractivity contribution in [3.8, 4) is 0 Å². The summed E-state index contributed by atoms with van der Waals surface area (Å²) in [6.07, 6.45) is 4.21. The van der Waals surface area contributed by atoms with E-state index in [0.717, 1.165) is 30.8 Å². The first-order chi connectivity index (χ1) is 11.4. The molecule has 1 atom stereocenters. The van der Waals surface area contributed by atoms with E-state index in [9.17, 15) is 0 Å². The summed E-state index contributed by atoms with van der Waals surface area (Å²) < 4.78 is 1.76. The van der Waals surface area contributed by atoms with Gasteiger partial charge in [0, 0.05) is 32.2 Å². The van der Waals surface area contributed by atoms with Crippen molar-refractivity contribution in [3.05, 3.63) is 12.2 Å². The van der Waals surface area contributed by atoms with Gasteiger partial charge in [0.15, 0.2) is 5.96 Å². The Kier molecular flexibility index (Phi) is 9.12. The largest absolute Gasteiger partial charge is 0.357 e. The van der Waals surface area contributed by atoms with Crippen LogP contribution in [0.1, 0.15) is 46.4 Å². The average molecular weight is 463 g/mol. The maximum atomic E-state index is 4.63. The summed E-state index contributed by atoms with van der Waals surface area (Å²) in [5.74, 6) is 2.48. The highest BCUT2D eigenvalue weighted by Gasteiger charge is 2.30. The summed E-state index contributed by atoms with van der Waals surface area (Å²) in [4.78, 5) is 11.4. The molecule has 2 rings (SSSR count). The minimum absolute atomic E-state index is 0. The number of aromatic nitrogens is 3. The number of rotatable bonds is 6. The van der Waals surface area contributed by atoms with Crippen molar-refractivity contribution >= 4 is 29.9 Å². The van der Waals surface area contributed by atoms with E-state index in [1.807, 2.05) is 7.05 Å². The molecule has 8 heteroatoms. The monoisotopic (exact) mass is 463 g/mol. The first-order valence-corrected chi connectivity index (χ1v) is 9.02. The van der Waals surface area contributed by atoms with Crippen LogP contribution in [0.15, 0.2) is 11.3 Å². The smallest absolute Gasteiger partial charge is 0.191 e. The molecule has 1 aromatic heterocycles. The normalized spacial score (nSPS) is 19.4. The number of nitrogens with one attached hydrogen (secondary N) is 2. The molecule has 0 amide bonds. The van der Waals surface area contributed by atoms with Crippen LogP contribution in [0.25, 0.3) is 0 Å². The molecule has 0 aromatic carbocycles. The molecule has 2 heterocycles. The van der Waals surface area contributed by atoms with Crippen molar-refractivity contribution in [3.63, 3.8) is 0 Å². The Morgan fingerprint density at radius 2 is 2.16 bits per heavy atom.